The third-order valence-electron chi connectivity index (χ3n) is 3.36. The molecule has 0 aliphatic heterocycles. The highest BCUT2D eigenvalue weighted by Gasteiger charge is 2.15. The van der Waals surface area contributed by atoms with Crippen molar-refractivity contribution in [3.8, 4) is 0 Å². The van der Waals surface area contributed by atoms with Gasteiger partial charge in [0.25, 0.3) is 5.91 Å². The number of nitrogens with one attached hydrogen (secondary N) is 2. The molecule has 2 aromatic carbocycles. The molecule has 0 saturated heterocycles. The lowest BCUT2D eigenvalue weighted by atomic mass is 10.2. The normalized spacial score (nSPS) is 9.85. The zero-order valence-electron chi connectivity index (χ0n) is 14.8. The summed E-state index contributed by atoms with van der Waals surface area (Å²) in [6.07, 6.45) is 0. The Kier molecular flexibility index (Phi) is 6.65. The van der Waals surface area contributed by atoms with Crippen LogP contribution in [0.25, 0.3) is 0 Å². The average Bonchev–Trinajstić information content (AvgIpc) is 2.65. The van der Waals surface area contributed by atoms with Crippen LogP contribution in [0.1, 0.15) is 27.6 Å². The number of hydrogen-bond acceptors (Lipinski definition) is 6. The third-order valence-corrected chi connectivity index (χ3v) is 3.36. The highest BCUT2D eigenvalue weighted by Crippen LogP contribution is 2.16. The maximum absolute atomic E-state index is 12.1. The van der Waals surface area contributed by atoms with Crippen LogP contribution in [0.4, 0.5) is 11.4 Å². The summed E-state index contributed by atoms with van der Waals surface area (Å²) < 4.78 is 9.62. The first-order chi connectivity index (χ1) is 12.9. The number of rotatable bonds is 6. The Balaban J connectivity index is 1.97. The van der Waals surface area contributed by atoms with Gasteiger partial charge in [-0.05, 0) is 30.3 Å². The Bertz CT molecular complexity index is 878. The Morgan fingerprint density at radius 3 is 2.37 bits per heavy atom. The maximum atomic E-state index is 12.1. The van der Waals surface area contributed by atoms with E-state index in [0.717, 1.165) is 0 Å². The first-order valence-corrected chi connectivity index (χ1v) is 7.92. The maximum Gasteiger partial charge on any atom is 0.339 e. The predicted molar refractivity (Wildman–Crippen MR) is 97.4 cm³/mol. The van der Waals surface area contributed by atoms with E-state index in [4.69, 9.17) is 4.74 Å². The van der Waals surface area contributed by atoms with E-state index < -0.39 is 24.5 Å². The van der Waals surface area contributed by atoms with Crippen molar-refractivity contribution in [3.05, 3.63) is 59.7 Å². The number of ether oxygens (including phenoxy) is 2. The van der Waals surface area contributed by atoms with Crippen LogP contribution in [0.5, 0.6) is 0 Å². The second kappa shape index (κ2) is 9.14. The Morgan fingerprint density at radius 1 is 0.926 bits per heavy atom. The number of anilines is 2. The first-order valence-electron chi connectivity index (χ1n) is 7.92. The largest absolute Gasteiger partial charge is 0.465 e. The van der Waals surface area contributed by atoms with Crippen molar-refractivity contribution < 1.29 is 28.7 Å². The Labute approximate surface area is 155 Å². The zero-order chi connectivity index (χ0) is 19.8. The van der Waals surface area contributed by atoms with Crippen molar-refractivity contribution in [3.63, 3.8) is 0 Å². The van der Waals surface area contributed by atoms with Crippen molar-refractivity contribution >= 4 is 35.1 Å². The van der Waals surface area contributed by atoms with Crippen LogP contribution in [0.2, 0.25) is 0 Å². The van der Waals surface area contributed by atoms with Gasteiger partial charge in [0.2, 0.25) is 5.91 Å². The molecule has 8 heteroatoms. The molecular weight excluding hydrogens is 352 g/mol. The van der Waals surface area contributed by atoms with Gasteiger partial charge >= 0.3 is 11.9 Å². The third kappa shape index (κ3) is 5.67. The molecule has 0 atom stereocenters. The van der Waals surface area contributed by atoms with Crippen LogP contribution >= 0.6 is 0 Å². The highest BCUT2D eigenvalue weighted by molar-refractivity contribution is 6.02. The average molecular weight is 370 g/mol. The van der Waals surface area contributed by atoms with Crippen LogP contribution in [0.3, 0.4) is 0 Å². The zero-order valence-corrected chi connectivity index (χ0v) is 14.8. The highest BCUT2D eigenvalue weighted by atomic mass is 16.5. The van der Waals surface area contributed by atoms with E-state index in [-0.39, 0.29) is 22.7 Å². The van der Waals surface area contributed by atoms with E-state index in [1.807, 2.05) is 0 Å². The molecule has 2 amide bonds. The van der Waals surface area contributed by atoms with Gasteiger partial charge in [-0.25, -0.2) is 9.59 Å². The minimum atomic E-state index is -0.724. The van der Waals surface area contributed by atoms with E-state index in [1.165, 1.54) is 38.3 Å². The molecule has 0 bridgehead atoms. The molecule has 8 nitrogen and oxygen atoms in total. The number of carbonyl (C=O) groups is 4. The quantitative estimate of drug-likeness (QED) is 0.755. The summed E-state index contributed by atoms with van der Waals surface area (Å²) in [5, 5.41) is 5.05. The predicted octanol–water partition coefficient (Wildman–Crippen LogP) is 2.23. The van der Waals surface area contributed by atoms with Gasteiger partial charge in [-0.1, -0.05) is 18.2 Å². The molecule has 140 valence electrons. The number of para-hydroxylation sites is 1. The minimum Gasteiger partial charge on any atom is -0.465 e. The van der Waals surface area contributed by atoms with E-state index >= 15 is 0 Å². The van der Waals surface area contributed by atoms with Crippen LogP contribution < -0.4 is 10.6 Å². The molecule has 2 aromatic rings. The summed E-state index contributed by atoms with van der Waals surface area (Å²) >= 11 is 0. The number of hydrogen-bond donors (Lipinski definition) is 2. The molecule has 0 aliphatic rings. The number of benzene rings is 2. The topological polar surface area (TPSA) is 111 Å². The summed E-state index contributed by atoms with van der Waals surface area (Å²) in [6, 6.07) is 12.4. The molecule has 0 heterocycles. The summed E-state index contributed by atoms with van der Waals surface area (Å²) in [4.78, 5) is 46.9. The molecule has 2 N–H and O–H groups in total. The summed E-state index contributed by atoms with van der Waals surface area (Å²) in [6.45, 7) is 0.806. The number of esters is 2. The second-order valence-corrected chi connectivity index (χ2v) is 5.42. The van der Waals surface area contributed by atoms with E-state index in [9.17, 15) is 19.2 Å². The molecule has 0 saturated carbocycles. The van der Waals surface area contributed by atoms with Gasteiger partial charge in [0, 0.05) is 12.6 Å². The molecule has 0 aromatic heterocycles. The van der Waals surface area contributed by atoms with Gasteiger partial charge in [-0.2, -0.15) is 0 Å². The van der Waals surface area contributed by atoms with Crippen molar-refractivity contribution in [2.24, 2.45) is 0 Å². The lowest BCUT2D eigenvalue weighted by Gasteiger charge is -2.10. The fraction of sp³-hybridized carbons (Fsp3) is 0.158. The summed E-state index contributed by atoms with van der Waals surface area (Å²) in [7, 11) is 1.23. The van der Waals surface area contributed by atoms with Gasteiger partial charge in [-0.3, -0.25) is 9.59 Å². The van der Waals surface area contributed by atoms with Crippen molar-refractivity contribution in [1.82, 2.24) is 0 Å². The van der Waals surface area contributed by atoms with Crippen molar-refractivity contribution in [2.75, 3.05) is 24.4 Å². The molecule has 0 spiro atoms. The van der Waals surface area contributed by atoms with E-state index in [0.29, 0.717) is 5.69 Å². The van der Waals surface area contributed by atoms with Gasteiger partial charge < -0.3 is 20.1 Å². The SMILES string of the molecule is COC(=O)c1ccccc1NC(=O)COC(=O)c1cccc(NC(C)=O)c1. The number of methoxy groups -OCH3 is 1. The van der Waals surface area contributed by atoms with E-state index in [1.54, 1.807) is 24.3 Å². The fourth-order valence-corrected chi connectivity index (χ4v) is 2.21. The standard InChI is InChI=1S/C19H18N2O6/c1-12(22)20-14-7-5-6-13(10-14)18(24)27-11-17(23)21-16-9-4-3-8-15(16)19(25)26-2/h3-10H,11H2,1-2H3,(H,20,22)(H,21,23). The molecular formula is C19H18N2O6. The lowest BCUT2D eigenvalue weighted by molar-refractivity contribution is -0.119. The fourth-order valence-electron chi connectivity index (χ4n) is 2.21. The van der Waals surface area contributed by atoms with Crippen molar-refractivity contribution in [2.45, 2.75) is 6.92 Å². The lowest BCUT2D eigenvalue weighted by Crippen LogP contribution is -2.22. The van der Waals surface area contributed by atoms with Crippen LogP contribution in [-0.4, -0.2) is 37.5 Å². The Hall–Kier alpha value is -3.68. The van der Waals surface area contributed by atoms with Crippen LogP contribution in [0.15, 0.2) is 48.5 Å². The number of amides is 2. The second-order valence-electron chi connectivity index (χ2n) is 5.42. The number of carbonyl (C=O) groups excluding carboxylic acids is 4. The molecule has 0 fully saturated rings. The monoisotopic (exact) mass is 370 g/mol. The Morgan fingerprint density at radius 2 is 1.67 bits per heavy atom. The van der Waals surface area contributed by atoms with E-state index in [2.05, 4.69) is 15.4 Å². The summed E-state index contributed by atoms with van der Waals surface area (Å²) in [5.41, 5.74) is 1.05. The van der Waals surface area contributed by atoms with Gasteiger partial charge in [-0.15, -0.1) is 0 Å². The molecule has 2 rings (SSSR count). The minimum absolute atomic E-state index is 0.183. The van der Waals surface area contributed by atoms with Crippen LogP contribution in [-0.2, 0) is 19.1 Å². The molecule has 0 aliphatic carbocycles. The van der Waals surface area contributed by atoms with Gasteiger partial charge in [0.1, 0.15) is 0 Å². The molecule has 0 radical (unpaired) electrons. The first kappa shape index (κ1) is 19.6. The smallest absolute Gasteiger partial charge is 0.339 e. The summed E-state index contributed by atoms with van der Waals surface area (Å²) in [5.74, 6) is -2.21. The molecule has 27 heavy (non-hydrogen) atoms. The van der Waals surface area contributed by atoms with Gasteiger partial charge in [0.15, 0.2) is 6.61 Å². The van der Waals surface area contributed by atoms with Crippen LogP contribution in [0, 0.1) is 0 Å². The molecule has 0 unspecified atom stereocenters. The van der Waals surface area contributed by atoms with Gasteiger partial charge in [0.05, 0.1) is 23.9 Å². The van der Waals surface area contributed by atoms with Crippen molar-refractivity contribution in [1.29, 1.82) is 0 Å².